The van der Waals surface area contributed by atoms with Gasteiger partial charge in [-0.2, -0.15) is 0 Å². The number of furan rings is 2. The highest BCUT2D eigenvalue weighted by molar-refractivity contribution is 6.32. The molecule has 344 valence electrons. The number of hydrogen-bond acceptors (Lipinski definition) is 6. The van der Waals surface area contributed by atoms with Crippen LogP contribution in [0.15, 0.2) is 239 Å². The van der Waals surface area contributed by atoms with E-state index in [1.807, 2.05) is 89.5 Å². The molecule has 0 N–H and O–H groups in total. The van der Waals surface area contributed by atoms with E-state index < -0.39 is 48.3 Å². The molecule has 0 unspecified atom stereocenters. The van der Waals surface area contributed by atoms with Crippen molar-refractivity contribution in [1.29, 1.82) is 0 Å². The quantitative estimate of drug-likeness (QED) is 0.175. The van der Waals surface area contributed by atoms with Crippen molar-refractivity contribution in [3.05, 3.63) is 247 Å². The summed E-state index contributed by atoms with van der Waals surface area (Å²) in [5, 5.41) is 8.27. The second-order valence-electron chi connectivity index (χ2n) is 17.5. The smallest absolute Gasteiger partial charge is 0.247 e. The lowest BCUT2D eigenvalue weighted by Crippen LogP contribution is -2.03. The van der Waals surface area contributed by atoms with Crippen molar-refractivity contribution in [2.75, 3.05) is 0 Å². The van der Waals surface area contributed by atoms with Gasteiger partial charge in [0.25, 0.3) is 0 Å². The first kappa shape index (κ1) is 33.2. The van der Waals surface area contributed by atoms with Crippen LogP contribution in [0.4, 0.5) is 0 Å². The molecule has 5 aromatic heterocycles. The van der Waals surface area contributed by atoms with Gasteiger partial charge in [0.1, 0.15) is 33.6 Å². The SMILES string of the molecule is [2H]c1c([2H])c([2H])c(-c2nc3oc4ccccc4c3nc2-n2c3ccccc3c3cc4ccccc4cc32)c([2H])c1[2H].[2H]c1c([2H])c([2H])c(-c2nc3oc4ccccc4c3nc2Cl)c([2H])c1[2H].c1ccc2c(c1)Cc1cc3ccccc3cc1-2. The van der Waals surface area contributed by atoms with Crippen LogP contribution in [0, 0.1) is 0 Å². The van der Waals surface area contributed by atoms with Gasteiger partial charge >= 0.3 is 0 Å². The molecule has 0 fully saturated rings. The van der Waals surface area contributed by atoms with E-state index in [0.29, 0.717) is 28.0 Å². The fraction of sp³-hybridized carbons (Fsp3) is 0.0154. The van der Waals surface area contributed by atoms with E-state index in [1.165, 1.54) is 33.0 Å². The molecule has 1 aliphatic rings. The van der Waals surface area contributed by atoms with Crippen molar-refractivity contribution in [2.45, 2.75) is 6.42 Å². The summed E-state index contributed by atoms with van der Waals surface area (Å²) in [5.41, 5.74) is 10.0. The zero-order valence-corrected chi connectivity index (χ0v) is 39.1. The highest BCUT2D eigenvalue weighted by atomic mass is 35.5. The number of rotatable bonds is 3. The molecule has 0 aliphatic heterocycles. The maximum Gasteiger partial charge on any atom is 0.247 e. The Hall–Kier alpha value is -9.43. The Bertz CT molecular complexity index is 5200. The van der Waals surface area contributed by atoms with Crippen LogP contribution in [0.1, 0.15) is 24.8 Å². The number of para-hydroxylation sites is 3. The summed E-state index contributed by atoms with van der Waals surface area (Å²) in [5.74, 6) is 0.351. The Balaban J connectivity index is 0.000000123. The topological polar surface area (TPSA) is 82.8 Å². The maximum absolute atomic E-state index is 8.76. The van der Waals surface area contributed by atoms with E-state index in [-0.39, 0.29) is 51.2 Å². The minimum atomic E-state index is -0.479. The lowest BCUT2D eigenvalue weighted by molar-refractivity contribution is 0.653. The first-order valence-electron chi connectivity index (χ1n) is 28.4. The fourth-order valence-electron chi connectivity index (χ4n) is 9.94. The van der Waals surface area contributed by atoms with Crippen LogP contribution in [0.25, 0.3) is 127 Å². The van der Waals surface area contributed by atoms with Crippen molar-refractivity contribution in [2.24, 2.45) is 0 Å². The molecule has 0 radical (unpaired) electrons. The monoisotopic (exact) mass is 967 g/mol. The second kappa shape index (κ2) is 17.5. The molecule has 15 aromatic rings. The third-order valence-corrected chi connectivity index (χ3v) is 13.5. The van der Waals surface area contributed by atoms with Gasteiger partial charge in [0.05, 0.1) is 24.7 Å². The Labute approximate surface area is 437 Å². The van der Waals surface area contributed by atoms with Crippen molar-refractivity contribution in [1.82, 2.24) is 24.5 Å². The molecular formula is C65H40ClN5O2. The lowest BCUT2D eigenvalue weighted by Gasteiger charge is -2.12. The van der Waals surface area contributed by atoms with Gasteiger partial charge in [-0.1, -0.05) is 193 Å². The Kier molecular flexibility index (Phi) is 7.94. The zero-order valence-electron chi connectivity index (χ0n) is 48.3. The van der Waals surface area contributed by atoms with E-state index >= 15 is 0 Å². The summed E-state index contributed by atoms with van der Waals surface area (Å²) in [6.07, 6.45) is 1.08. The minimum Gasteiger partial charge on any atom is -0.436 e. The van der Waals surface area contributed by atoms with Gasteiger partial charge in [-0.25, -0.2) is 19.9 Å². The van der Waals surface area contributed by atoms with Crippen LogP contribution < -0.4 is 0 Å². The lowest BCUT2D eigenvalue weighted by atomic mass is 10.0. The molecule has 0 saturated carbocycles. The minimum absolute atomic E-state index is 0.00905. The van der Waals surface area contributed by atoms with Crippen LogP contribution in [-0.4, -0.2) is 24.5 Å². The van der Waals surface area contributed by atoms with Crippen molar-refractivity contribution >= 4 is 99.4 Å². The van der Waals surface area contributed by atoms with E-state index in [1.54, 1.807) is 6.07 Å². The molecule has 0 saturated heterocycles. The van der Waals surface area contributed by atoms with Crippen molar-refractivity contribution in [3.8, 4) is 39.5 Å². The van der Waals surface area contributed by atoms with Crippen LogP contribution in [0.3, 0.4) is 0 Å². The number of hydrogen-bond donors (Lipinski definition) is 0. The number of benzene rings is 10. The van der Waals surface area contributed by atoms with E-state index in [2.05, 4.69) is 88.8 Å². The van der Waals surface area contributed by atoms with E-state index in [4.69, 9.17) is 44.1 Å². The fourth-order valence-corrected chi connectivity index (χ4v) is 10.2. The zero-order chi connectivity index (χ0) is 57.1. The molecule has 0 amide bonds. The van der Waals surface area contributed by atoms with E-state index in [0.717, 1.165) is 49.8 Å². The summed E-state index contributed by atoms with van der Waals surface area (Å²) in [6, 6.07) is 52.8. The molecule has 7 nitrogen and oxygen atoms in total. The van der Waals surface area contributed by atoms with Gasteiger partial charge < -0.3 is 8.83 Å². The van der Waals surface area contributed by atoms with Crippen LogP contribution in [-0.2, 0) is 6.42 Å². The van der Waals surface area contributed by atoms with E-state index in [9.17, 15) is 0 Å². The maximum atomic E-state index is 8.76. The molecule has 0 atom stereocenters. The predicted molar refractivity (Wildman–Crippen MR) is 299 cm³/mol. The van der Waals surface area contributed by atoms with Gasteiger partial charge in [0.2, 0.25) is 11.4 Å². The molecule has 0 spiro atoms. The largest absolute Gasteiger partial charge is 0.436 e. The third-order valence-electron chi connectivity index (χ3n) is 13.2. The third kappa shape index (κ3) is 7.36. The molecule has 5 heterocycles. The molecule has 0 bridgehead atoms. The molecule has 8 heteroatoms. The second-order valence-corrected chi connectivity index (χ2v) is 17.9. The van der Waals surface area contributed by atoms with Crippen molar-refractivity contribution in [3.63, 3.8) is 0 Å². The van der Waals surface area contributed by atoms with Gasteiger partial charge in [0, 0.05) is 32.7 Å². The van der Waals surface area contributed by atoms with Crippen LogP contribution >= 0.6 is 11.6 Å². The highest BCUT2D eigenvalue weighted by Crippen LogP contribution is 2.41. The molecule has 10 aromatic carbocycles. The standard InChI is InChI=1S/C32H19N3O.C17H12.C16H9ClN2O/c1-2-10-20(11-3-1)29-31(33-30-24-15-7-9-17-28(24)36-32(30)34-29)35-26-16-8-6-14-23(26)25-18-21-12-4-5-13-22(21)19-27(25)35;1-2-6-13-11-17-15(9-12(13)5-1)10-14-7-3-4-8-16(14)17;17-15-13(10-6-2-1-3-7-10)19-16-14(18-15)11-8-4-5-9-12(11)20-16/h1-19H;1-9,11H,10H2;1-9H/i1D,2D,3D,10D,11D;;1D,2D,3D,6D,7D. The normalized spacial score (nSPS) is 13.8. The highest BCUT2D eigenvalue weighted by Gasteiger charge is 2.23. The number of nitrogens with zero attached hydrogens (tertiary/aromatic N) is 5. The van der Waals surface area contributed by atoms with Gasteiger partial charge in [-0.15, -0.1) is 0 Å². The van der Waals surface area contributed by atoms with Gasteiger partial charge in [-0.05, 0) is 98.8 Å². The molecule has 73 heavy (non-hydrogen) atoms. The number of aromatic nitrogens is 5. The summed E-state index contributed by atoms with van der Waals surface area (Å²) in [7, 11) is 0. The average Bonchev–Trinajstić information content (AvgIpc) is 2.41. The first-order chi connectivity index (χ1) is 40.2. The summed E-state index contributed by atoms with van der Waals surface area (Å²) in [6.45, 7) is 0. The van der Waals surface area contributed by atoms with Gasteiger partial charge in [-0.3, -0.25) is 4.57 Å². The Morgan fingerprint density at radius 2 is 0.945 bits per heavy atom. The molecule has 1 aliphatic carbocycles. The summed E-state index contributed by atoms with van der Waals surface area (Å²) >= 11 is 6.23. The molecular weight excluding hydrogens is 918 g/mol. The number of fused-ring (bicyclic) bond motifs is 14. The Morgan fingerprint density at radius 1 is 0.425 bits per heavy atom. The summed E-state index contributed by atoms with van der Waals surface area (Å²) in [4.78, 5) is 18.5. The number of halogens is 1. The average molecular weight is 969 g/mol. The predicted octanol–water partition coefficient (Wildman–Crippen LogP) is 17.4. The van der Waals surface area contributed by atoms with Gasteiger partial charge in [0.15, 0.2) is 11.0 Å². The summed E-state index contributed by atoms with van der Waals surface area (Å²) < 4.78 is 95.4. The van der Waals surface area contributed by atoms with Crippen LogP contribution in [0.2, 0.25) is 5.15 Å². The van der Waals surface area contributed by atoms with Crippen LogP contribution in [0.5, 0.6) is 0 Å². The first-order valence-corrected chi connectivity index (χ1v) is 23.8. The van der Waals surface area contributed by atoms with Crippen molar-refractivity contribution < 1.29 is 22.5 Å². The Morgan fingerprint density at radius 3 is 1.63 bits per heavy atom. The molecule has 16 rings (SSSR count).